The van der Waals surface area contributed by atoms with Crippen LogP contribution in [0.5, 0.6) is 0 Å². The summed E-state index contributed by atoms with van der Waals surface area (Å²) in [6, 6.07) is 9.54. The number of carbonyl (C=O) groups excluding carboxylic acids is 2. The highest BCUT2D eigenvalue weighted by Crippen LogP contribution is 2.41. The molecule has 96 valence electrons. The largest absolute Gasteiger partial charge is 0.315 e. The topological polar surface area (TPSA) is 40.6 Å². The van der Waals surface area contributed by atoms with Gasteiger partial charge in [-0.3, -0.25) is 9.59 Å². The van der Waals surface area contributed by atoms with Gasteiger partial charge in [-0.2, -0.15) is 0 Å². The molecule has 0 saturated heterocycles. The molecule has 0 bridgehead atoms. The smallest absolute Gasteiger partial charge is 0.260 e. The second-order valence-electron chi connectivity index (χ2n) is 4.78. The molecule has 2 heterocycles. The van der Waals surface area contributed by atoms with E-state index in [1.165, 1.54) is 0 Å². The predicted octanol–water partition coefficient (Wildman–Crippen LogP) is 1.62. The first-order valence-corrected chi connectivity index (χ1v) is 6.11. The number of likely N-dealkylation sites (N-methyl/N-ethyl adjacent to an activating group) is 2. The number of amides is 2. The summed E-state index contributed by atoms with van der Waals surface area (Å²) in [4.78, 5) is 27.7. The predicted molar refractivity (Wildman–Crippen MR) is 71.6 cm³/mol. The lowest BCUT2D eigenvalue weighted by molar-refractivity contribution is -0.123. The highest BCUT2D eigenvalue weighted by atomic mass is 16.2. The van der Waals surface area contributed by atoms with Crippen LogP contribution in [0.2, 0.25) is 0 Å². The minimum atomic E-state index is -0.107. The molecule has 0 aliphatic carbocycles. The SMILES string of the molecule is CC1=C2C(=O)N(C)C(c3ccccc3)=C2C(=O)N1C. The monoisotopic (exact) mass is 254 g/mol. The second kappa shape index (κ2) is 3.82. The normalized spacial score (nSPS) is 18.9. The van der Waals surface area contributed by atoms with Crippen molar-refractivity contribution in [3.05, 3.63) is 52.7 Å². The van der Waals surface area contributed by atoms with Crippen molar-refractivity contribution in [3.63, 3.8) is 0 Å². The molecule has 4 nitrogen and oxygen atoms in total. The van der Waals surface area contributed by atoms with E-state index in [1.807, 2.05) is 30.3 Å². The van der Waals surface area contributed by atoms with Crippen LogP contribution < -0.4 is 0 Å². The third-order valence-corrected chi connectivity index (χ3v) is 3.77. The fourth-order valence-corrected chi connectivity index (χ4v) is 2.63. The molecule has 0 unspecified atom stereocenters. The van der Waals surface area contributed by atoms with E-state index in [0.717, 1.165) is 11.3 Å². The Balaban J connectivity index is 2.29. The first-order valence-electron chi connectivity index (χ1n) is 6.11. The van der Waals surface area contributed by atoms with Crippen molar-refractivity contribution in [2.24, 2.45) is 0 Å². The number of benzene rings is 1. The number of carbonyl (C=O) groups is 2. The van der Waals surface area contributed by atoms with Crippen LogP contribution in [0.3, 0.4) is 0 Å². The van der Waals surface area contributed by atoms with E-state index < -0.39 is 0 Å². The van der Waals surface area contributed by atoms with Gasteiger partial charge in [-0.15, -0.1) is 0 Å². The summed E-state index contributed by atoms with van der Waals surface area (Å²) < 4.78 is 0. The van der Waals surface area contributed by atoms with Crippen LogP contribution in [0.4, 0.5) is 0 Å². The van der Waals surface area contributed by atoms with Gasteiger partial charge >= 0.3 is 0 Å². The maximum absolute atomic E-state index is 12.3. The quantitative estimate of drug-likeness (QED) is 0.764. The Hall–Kier alpha value is -2.36. The Labute approximate surface area is 111 Å². The fourth-order valence-electron chi connectivity index (χ4n) is 2.63. The molecule has 4 heteroatoms. The second-order valence-corrected chi connectivity index (χ2v) is 4.78. The summed E-state index contributed by atoms with van der Waals surface area (Å²) in [6.07, 6.45) is 0. The molecule has 0 fully saturated rings. The van der Waals surface area contributed by atoms with Crippen LogP contribution >= 0.6 is 0 Å². The maximum atomic E-state index is 12.3. The summed E-state index contributed by atoms with van der Waals surface area (Å²) in [6.45, 7) is 1.81. The summed E-state index contributed by atoms with van der Waals surface area (Å²) in [7, 11) is 3.41. The molecule has 0 N–H and O–H groups in total. The van der Waals surface area contributed by atoms with Gasteiger partial charge in [0.1, 0.15) is 0 Å². The molecule has 1 aromatic carbocycles. The van der Waals surface area contributed by atoms with Gasteiger partial charge in [0, 0.05) is 19.8 Å². The van der Waals surface area contributed by atoms with Crippen molar-refractivity contribution < 1.29 is 9.59 Å². The molecule has 0 spiro atoms. The van der Waals surface area contributed by atoms with Gasteiger partial charge in [0.05, 0.1) is 16.8 Å². The van der Waals surface area contributed by atoms with Crippen LogP contribution in [-0.2, 0) is 9.59 Å². The van der Waals surface area contributed by atoms with E-state index in [9.17, 15) is 9.59 Å². The molecule has 19 heavy (non-hydrogen) atoms. The summed E-state index contributed by atoms with van der Waals surface area (Å²) in [5.74, 6) is -0.215. The zero-order valence-corrected chi connectivity index (χ0v) is 11.1. The number of allylic oxidation sites excluding steroid dienone is 1. The molecule has 3 rings (SSSR count). The highest BCUT2D eigenvalue weighted by Gasteiger charge is 2.44. The lowest BCUT2D eigenvalue weighted by Gasteiger charge is -2.18. The third-order valence-electron chi connectivity index (χ3n) is 3.77. The van der Waals surface area contributed by atoms with Gasteiger partial charge < -0.3 is 9.80 Å². The van der Waals surface area contributed by atoms with E-state index in [2.05, 4.69) is 0 Å². The lowest BCUT2D eigenvalue weighted by atomic mass is 10.0. The minimum absolute atomic E-state index is 0.107. The average molecular weight is 254 g/mol. The molecule has 0 radical (unpaired) electrons. The Bertz CT molecular complexity index is 656. The van der Waals surface area contributed by atoms with Gasteiger partial charge in [-0.25, -0.2) is 0 Å². The van der Waals surface area contributed by atoms with E-state index in [1.54, 1.807) is 30.8 Å². The van der Waals surface area contributed by atoms with Crippen molar-refractivity contribution >= 4 is 17.5 Å². The zero-order valence-electron chi connectivity index (χ0n) is 11.1. The van der Waals surface area contributed by atoms with Gasteiger partial charge in [0.25, 0.3) is 11.8 Å². The van der Waals surface area contributed by atoms with Crippen LogP contribution in [0.25, 0.3) is 5.70 Å². The number of nitrogens with zero attached hydrogens (tertiary/aromatic N) is 2. The standard InChI is InChI=1S/C15H14N2O2/c1-9-11-12(15(19)16(9)2)13(17(3)14(11)18)10-7-5-4-6-8-10/h4-8H,1-3H3. The van der Waals surface area contributed by atoms with Crippen molar-refractivity contribution in [3.8, 4) is 0 Å². The molecule has 1 aromatic rings. The van der Waals surface area contributed by atoms with Gasteiger partial charge in [0.2, 0.25) is 0 Å². The van der Waals surface area contributed by atoms with Gasteiger partial charge in [-0.05, 0) is 12.5 Å². The van der Waals surface area contributed by atoms with Crippen LogP contribution in [0.15, 0.2) is 47.2 Å². The molecule has 0 saturated carbocycles. The van der Waals surface area contributed by atoms with Crippen LogP contribution in [-0.4, -0.2) is 35.7 Å². The summed E-state index contributed by atoms with van der Waals surface area (Å²) in [5, 5.41) is 0. The van der Waals surface area contributed by atoms with Crippen LogP contribution in [0.1, 0.15) is 12.5 Å². The third kappa shape index (κ3) is 1.40. The lowest BCUT2D eigenvalue weighted by Crippen LogP contribution is -2.24. The Morgan fingerprint density at radius 2 is 1.42 bits per heavy atom. The number of rotatable bonds is 1. The Morgan fingerprint density at radius 3 is 2.05 bits per heavy atom. The van der Waals surface area contributed by atoms with E-state index in [0.29, 0.717) is 16.8 Å². The van der Waals surface area contributed by atoms with Crippen molar-refractivity contribution in [2.75, 3.05) is 14.1 Å². The van der Waals surface area contributed by atoms with Gasteiger partial charge in [0.15, 0.2) is 0 Å². The maximum Gasteiger partial charge on any atom is 0.260 e. The molecule has 2 amide bonds. The van der Waals surface area contributed by atoms with Crippen molar-refractivity contribution in [2.45, 2.75) is 6.92 Å². The highest BCUT2D eigenvalue weighted by molar-refractivity contribution is 6.25. The molecule has 0 atom stereocenters. The van der Waals surface area contributed by atoms with E-state index in [-0.39, 0.29) is 11.8 Å². The molecule has 2 aliphatic rings. The summed E-state index contributed by atoms with van der Waals surface area (Å²) >= 11 is 0. The number of hydrogen-bond acceptors (Lipinski definition) is 2. The number of fused-ring (bicyclic) bond motifs is 1. The summed E-state index contributed by atoms with van der Waals surface area (Å²) in [5.41, 5.74) is 3.38. The van der Waals surface area contributed by atoms with Crippen LogP contribution in [0, 0.1) is 0 Å². The van der Waals surface area contributed by atoms with Gasteiger partial charge in [-0.1, -0.05) is 30.3 Å². The van der Waals surface area contributed by atoms with Crippen molar-refractivity contribution in [1.29, 1.82) is 0 Å². The average Bonchev–Trinajstić information content (AvgIpc) is 2.81. The first kappa shape index (κ1) is 11.7. The molecular weight excluding hydrogens is 240 g/mol. The molecular formula is C15H14N2O2. The minimum Gasteiger partial charge on any atom is -0.315 e. The van der Waals surface area contributed by atoms with E-state index >= 15 is 0 Å². The van der Waals surface area contributed by atoms with Crippen molar-refractivity contribution in [1.82, 2.24) is 9.80 Å². The Kier molecular flexibility index (Phi) is 2.35. The van der Waals surface area contributed by atoms with E-state index in [4.69, 9.17) is 0 Å². The fraction of sp³-hybridized carbons (Fsp3) is 0.200. The zero-order chi connectivity index (χ0) is 13.7. The molecule has 0 aromatic heterocycles. The number of hydrogen-bond donors (Lipinski definition) is 0. The first-order chi connectivity index (χ1) is 9.04. The Morgan fingerprint density at radius 1 is 0.842 bits per heavy atom. The molecule has 2 aliphatic heterocycles.